The van der Waals surface area contributed by atoms with Crippen LogP contribution in [-0.2, 0) is 20.7 Å². The molecule has 3 amide bonds. The van der Waals surface area contributed by atoms with Gasteiger partial charge in [-0.05, 0) is 25.8 Å². The molecule has 1 aromatic heterocycles. The number of nitrogens with zero attached hydrogens (tertiary/aromatic N) is 4. The molecule has 1 unspecified atom stereocenters. The van der Waals surface area contributed by atoms with E-state index in [1.807, 2.05) is 44.2 Å². The minimum atomic E-state index is -0.459. The van der Waals surface area contributed by atoms with Gasteiger partial charge in [0.05, 0.1) is 11.6 Å². The second-order valence-electron chi connectivity index (χ2n) is 7.63. The Labute approximate surface area is 192 Å². The first-order chi connectivity index (χ1) is 15.5. The van der Waals surface area contributed by atoms with Crippen molar-refractivity contribution in [3.05, 3.63) is 52.5 Å². The van der Waals surface area contributed by atoms with E-state index in [0.29, 0.717) is 38.3 Å². The molecule has 32 heavy (non-hydrogen) atoms. The molecule has 2 heterocycles. The van der Waals surface area contributed by atoms with Gasteiger partial charge in [-0.25, -0.2) is 4.98 Å². The van der Waals surface area contributed by atoms with Crippen molar-refractivity contribution in [3.8, 4) is 0 Å². The highest BCUT2D eigenvalue weighted by Gasteiger charge is 2.32. The first-order valence-electron chi connectivity index (χ1n) is 10.9. The van der Waals surface area contributed by atoms with Gasteiger partial charge >= 0.3 is 0 Å². The van der Waals surface area contributed by atoms with Gasteiger partial charge in [-0.1, -0.05) is 30.3 Å². The molecule has 0 saturated carbocycles. The van der Waals surface area contributed by atoms with Gasteiger partial charge in [0.15, 0.2) is 0 Å². The molecule has 8 nitrogen and oxygen atoms in total. The van der Waals surface area contributed by atoms with E-state index < -0.39 is 6.10 Å². The van der Waals surface area contributed by atoms with Crippen LogP contribution in [-0.4, -0.2) is 89.4 Å². The number of aromatic nitrogens is 1. The smallest absolute Gasteiger partial charge is 0.273 e. The molecule has 3 rings (SSSR count). The molecule has 172 valence electrons. The van der Waals surface area contributed by atoms with Gasteiger partial charge in [0.2, 0.25) is 11.8 Å². The molecule has 0 radical (unpaired) electrons. The fourth-order valence-corrected chi connectivity index (χ4v) is 4.23. The number of carbonyl (C=O) groups is 3. The minimum absolute atomic E-state index is 0.0327. The molecular formula is C23H30N4O4S. The summed E-state index contributed by atoms with van der Waals surface area (Å²) in [6, 6.07) is 9.95. The first kappa shape index (κ1) is 23.9. The van der Waals surface area contributed by atoms with Gasteiger partial charge in [0.25, 0.3) is 5.91 Å². The predicted molar refractivity (Wildman–Crippen MR) is 122 cm³/mol. The zero-order valence-electron chi connectivity index (χ0n) is 18.6. The van der Waals surface area contributed by atoms with Crippen molar-refractivity contribution in [2.45, 2.75) is 26.4 Å². The molecule has 1 saturated heterocycles. The predicted octanol–water partition coefficient (Wildman–Crippen LogP) is 1.92. The fourth-order valence-electron chi connectivity index (χ4n) is 3.70. The highest BCUT2D eigenvalue weighted by Crippen LogP contribution is 2.14. The van der Waals surface area contributed by atoms with Crippen molar-refractivity contribution in [2.75, 3.05) is 45.9 Å². The molecule has 0 N–H and O–H groups in total. The van der Waals surface area contributed by atoms with E-state index in [0.717, 1.165) is 5.56 Å². The number of rotatable bonds is 9. The first-order valence-corrected chi connectivity index (χ1v) is 11.8. The topological polar surface area (TPSA) is 83.0 Å². The Morgan fingerprint density at radius 3 is 2.59 bits per heavy atom. The van der Waals surface area contributed by atoms with E-state index in [9.17, 15) is 14.4 Å². The van der Waals surface area contributed by atoms with Gasteiger partial charge in [-0.2, -0.15) is 0 Å². The average Bonchev–Trinajstić information content (AvgIpc) is 3.29. The Hall–Kier alpha value is -2.78. The van der Waals surface area contributed by atoms with Crippen LogP contribution in [0.3, 0.4) is 0 Å². The minimum Gasteiger partial charge on any atom is -0.365 e. The van der Waals surface area contributed by atoms with Gasteiger partial charge < -0.3 is 19.4 Å². The maximum Gasteiger partial charge on any atom is 0.273 e. The monoisotopic (exact) mass is 458 g/mol. The van der Waals surface area contributed by atoms with Crippen molar-refractivity contribution in [2.24, 2.45) is 0 Å². The van der Waals surface area contributed by atoms with Crippen LogP contribution in [0.4, 0.5) is 0 Å². The summed E-state index contributed by atoms with van der Waals surface area (Å²) in [5.74, 6) is -0.530. The number of carbonyl (C=O) groups excluding carboxylic acids is 3. The van der Waals surface area contributed by atoms with E-state index in [4.69, 9.17) is 4.74 Å². The largest absolute Gasteiger partial charge is 0.365 e. The maximum absolute atomic E-state index is 13.0. The van der Waals surface area contributed by atoms with E-state index in [1.165, 1.54) is 16.2 Å². The number of hydrogen-bond donors (Lipinski definition) is 0. The zero-order chi connectivity index (χ0) is 22.9. The molecule has 2 aromatic rings. The van der Waals surface area contributed by atoms with Crippen LogP contribution in [0.1, 0.15) is 29.9 Å². The summed E-state index contributed by atoms with van der Waals surface area (Å²) in [5.41, 5.74) is 3.04. The molecular weight excluding hydrogens is 428 g/mol. The zero-order valence-corrected chi connectivity index (χ0v) is 19.4. The van der Waals surface area contributed by atoms with Crippen LogP contribution in [0.2, 0.25) is 0 Å². The van der Waals surface area contributed by atoms with Gasteiger partial charge in [0, 0.05) is 38.1 Å². The summed E-state index contributed by atoms with van der Waals surface area (Å²) < 4.78 is 5.94. The molecule has 1 aliphatic heterocycles. The van der Waals surface area contributed by atoms with Crippen LogP contribution >= 0.6 is 11.3 Å². The lowest BCUT2D eigenvalue weighted by molar-refractivity contribution is -0.138. The van der Waals surface area contributed by atoms with Crippen LogP contribution in [0.15, 0.2) is 41.2 Å². The quantitative estimate of drug-likeness (QED) is 0.573. The van der Waals surface area contributed by atoms with Crippen molar-refractivity contribution < 1.29 is 19.1 Å². The average molecular weight is 459 g/mol. The van der Waals surface area contributed by atoms with Crippen LogP contribution in [0.5, 0.6) is 0 Å². The highest BCUT2D eigenvalue weighted by atomic mass is 32.1. The highest BCUT2D eigenvalue weighted by molar-refractivity contribution is 7.07. The van der Waals surface area contributed by atoms with E-state index >= 15 is 0 Å². The Kier molecular flexibility index (Phi) is 8.75. The Morgan fingerprint density at radius 1 is 1.19 bits per heavy atom. The number of ether oxygens (including phenoxy) is 1. The molecule has 1 aromatic carbocycles. The van der Waals surface area contributed by atoms with E-state index in [1.54, 1.807) is 20.7 Å². The molecule has 1 fully saturated rings. The SMILES string of the molecule is CCN(CC)C(=O)COC1CN(CCc2ccccc2)C(=O)CN(C(=O)c2cscn2)C1. The second-order valence-corrected chi connectivity index (χ2v) is 8.35. The van der Waals surface area contributed by atoms with Crippen molar-refractivity contribution in [3.63, 3.8) is 0 Å². The fraction of sp³-hybridized carbons (Fsp3) is 0.478. The summed E-state index contributed by atoms with van der Waals surface area (Å²) in [4.78, 5) is 47.3. The number of hydrogen-bond acceptors (Lipinski definition) is 6. The van der Waals surface area contributed by atoms with Crippen LogP contribution in [0, 0.1) is 0 Å². The van der Waals surface area contributed by atoms with Crippen molar-refractivity contribution in [1.29, 1.82) is 0 Å². The van der Waals surface area contributed by atoms with Gasteiger partial charge in [0.1, 0.15) is 18.8 Å². The standard InChI is InChI=1S/C23H30N4O4S/c1-3-25(4-2)22(29)15-31-19-12-26(11-10-18-8-6-5-7-9-18)21(28)14-27(13-19)23(30)20-16-32-17-24-20/h5-9,16-17,19H,3-4,10-15H2,1-2H3. The van der Waals surface area contributed by atoms with Crippen molar-refractivity contribution >= 4 is 29.1 Å². The lowest BCUT2D eigenvalue weighted by atomic mass is 10.1. The number of amides is 3. The summed E-state index contributed by atoms with van der Waals surface area (Å²) in [6.07, 6.45) is 0.247. The van der Waals surface area contributed by atoms with E-state index in [-0.39, 0.29) is 37.4 Å². The molecule has 0 spiro atoms. The molecule has 0 bridgehead atoms. The lowest BCUT2D eigenvalue weighted by Crippen LogP contribution is -2.41. The molecule has 0 aliphatic carbocycles. The summed E-state index contributed by atoms with van der Waals surface area (Å²) in [6.45, 7) is 6.04. The van der Waals surface area contributed by atoms with Gasteiger partial charge in [-0.3, -0.25) is 14.4 Å². The second kappa shape index (κ2) is 11.7. The number of benzene rings is 1. The van der Waals surface area contributed by atoms with Crippen molar-refractivity contribution in [1.82, 2.24) is 19.7 Å². The number of likely N-dealkylation sites (N-methyl/N-ethyl adjacent to an activating group) is 1. The Balaban J connectivity index is 1.71. The third-order valence-corrected chi connectivity index (χ3v) is 6.12. The van der Waals surface area contributed by atoms with E-state index in [2.05, 4.69) is 4.98 Å². The Morgan fingerprint density at radius 2 is 1.94 bits per heavy atom. The Bertz CT molecular complexity index is 887. The summed E-state index contributed by atoms with van der Waals surface area (Å²) in [5, 5.41) is 1.67. The van der Waals surface area contributed by atoms with Crippen LogP contribution in [0.25, 0.3) is 0 Å². The number of thiazole rings is 1. The van der Waals surface area contributed by atoms with Gasteiger partial charge in [-0.15, -0.1) is 11.3 Å². The summed E-state index contributed by atoms with van der Waals surface area (Å²) in [7, 11) is 0. The maximum atomic E-state index is 13.0. The normalized spacial score (nSPS) is 16.7. The third kappa shape index (κ3) is 6.37. The molecule has 1 aliphatic rings. The third-order valence-electron chi connectivity index (χ3n) is 5.54. The molecule has 9 heteroatoms. The van der Waals surface area contributed by atoms with Crippen LogP contribution < -0.4 is 0 Å². The lowest BCUT2D eigenvalue weighted by Gasteiger charge is -2.26. The summed E-state index contributed by atoms with van der Waals surface area (Å²) >= 11 is 1.33. The molecule has 1 atom stereocenters.